The Hall–Kier alpha value is -3.29. The molecule has 0 aliphatic rings. The molecule has 0 saturated heterocycles. The number of methoxy groups -OCH3 is 1. The van der Waals surface area contributed by atoms with Crippen molar-refractivity contribution in [2.45, 2.75) is 19.6 Å². The number of benzene rings is 1. The normalized spacial score (nSPS) is 12.6. The summed E-state index contributed by atoms with van der Waals surface area (Å²) in [6, 6.07) is 13.3. The summed E-state index contributed by atoms with van der Waals surface area (Å²) in [5.74, 6) is 3.09. The zero-order chi connectivity index (χ0) is 19.1. The molecular formula is C19H24N6O2. The van der Waals surface area contributed by atoms with Gasteiger partial charge in [-0.05, 0) is 43.3 Å². The predicted octanol–water partition coefficient (Wildman–Crippen LogP) is 1.87. The second-order valence-corrected chi connectivity index (χ2v) is 5.96. The number of hydrogen-bond acceptors (Lipinski definition) is 5. The van der Waals surface area contributed by atoms with Gasteiger partial charge in [-0.1, -0.05) is 6.07 Å². The van der Waals surface area contributed by atoms with E-state index in [1.807, 2.05) is 60.0 Å². The van der Waals surface area contributed by atoms with Crippen LogP contribution in [0, 0.1) is 0 Å². The summed E-state index contributed by atoms with van der Waals surface area (Å²) in [5, 5.41) is 14.8. The average Bonchev–Trinajstić information content (AvgIpc) is 3.12. The van der Waals surface area contributed by atoms with Crippen LogP contribution in [0.4, 0.5) is 0 Å². The molecule has 2 heterocycles. The Balaban J connectivity index is 1.48. The molecular weight excluding hydrogens is 344 g/mol. The van der Waals surface area contributed by atoms with E-state index < -0.39 is 0 Å². The van der Waals surface area contributed by atoms with Crippen LogP contribution in [0.15, 0.2) is 53.7 Å². The smallest absolute Gasteiger partial charge is 0.191 e. The van der Waals surface area contributed by atoms with Gasteiger partial charge in [-0.25, -0.2) is 0 Å². The largest absolute Gasteiger partial charge is 0.497 e. The van der Waals surface area contributed by atoms with Crippen molar-refractivity contribution >= 4 is 11.6 Å². The standard InChI is InChI=1S/C19H24N6O2/c1-14(27-16-9-7-15(26-3)8-10-16)12-21-19(20-2)22-13-18-24-23-17-6-4-5-11-25(17)18/h4-11,14H,12-13H2,1-3H3,(H2,20,21,22). The zero-order valence-corrected chi connectivity index (χ0v) is 15.7. The van der Waals surface area contributed by atoms with Crippen molar-refractivity contribution in [3.05, 3.63) is 54.5 Å². The first kappa shape index (κ1) is 18.5. The van der Waals surface area contributed by atoms with Gasteiger partial charge in [0.25, 0.3) is 0 Å². The highest BCUT2D eigenvalue weighted by Crippen LogP contribution is 2.17. The zero-order valence-electron chi connectivity index (χ0n) is 15.7. The lowest BCUT2D eigenvalue weighted by molar-refractivity contribution is 0.223. The lowest BCUT2D eigenvalue weighted by Crippen LogP contribution is -2.41. The van der Waals surface area contributed by atoms with Crippen LogP contribution in [0.25, 0.3) is 5.65 Å². The molecule has 0 radical (unpaired) electrons. The number of nitrogens with one attached hydrogen (secondary N) is 2. The summed E-state index contributed by atoms with van der Waals surface area (Å²) in [4.78, 5) is 4.23. The minimum absolute atomic E-state index is 0.0362. The fraction of sp³-hybridized carbons (Fsp3) is 0.316. The van der Waals surface area contributed by atoms with E-state index in [4.69, 9.17) is 9.47 Å². The van der Waals surface area contributed by atoms with E-state index in [0.29, 0.717) is 19.0 Å². The van der Waals surface area contributed by atoms with Crippen LogP contribution in [0.1, 0.15) is 12.7 Å². The van der Waals surface area contributed by atoms with E-state index in [0.717, 1.165) is 23.0 Å². The fourth-order valence-corrected chi connectivity index (χ4v) is 2.56. The lowest BCUT2D eigenvalue weighted by Gasteiger charge is -2.17. The van der Waals surface area contributed by atoms with Gasteiger partial charge in [0, 0.05) is 13.2 Å². The van der Waals surface area contributed by atoms with Gasteiger partial charge < -0.3 is 20.1 Å². The Labute approximate surface area is 158 Å². The van der Waals surface area contributed by atoms with Crippen molar-refractivity contribution in [1.82, 2.24) is 25.2 Å². The van der Waals surface area contributed by atoms with Crippen molar-refractivity contribution in [3.8, 4) is 11.5 Å². The maximum Gasteiger partial charge on any atom is 0.191 e. The third-order valence-corrected chi connectivity index (χ3v) is 3.98. The first-order chi connectivity index (χ1) is 13.2. The summed E-state index contributed by atoms with van der Waals surface area (Å²) in [6.45, 7) is 3.11. The van der Waals surface area contributed by atoms with Crippen LogP contribution in [-0.4, -0.2) is 47.4 Å². The summed E-state index contributed by atoms with van der Waals surface area (Å²) >= 11 is 0. The number of guanidine groups is 1. The van der Waals surface area contributed by atoms with E-state index in [1.54, 1.807) is 14.2 Å². The summed E-state index contributed by atoms with van der Waals surface area (Å²) in [7, 11) is 3.37. The first-order valence-corrected chi connectivity index (χ1v) is 8.73. The average molecular weight is 368 g/mol. The number of fused-ring (bicyclic) bond motifs is 1. The van der Waals surface area contributed by atoms with Crippen LogP contribution in [0.5, 0.6) is 11.5 Å². The molecule has 1 unspecified atom stereocenters. The molecule has 3 rings (SSSR count). The molecule has 1 aromatic carbocycles. The van der Waals surface area contributed by atoms with Crippen molar-refractivity contribution in [1.29, 1.82) is 0 Å². The van der Waals surface area contributed by atoms with E-state index in [2.05, 4.69) is 25.8 Å². The Bertz CT molecular complexity index is 891. The van der Waals surface area contributed by atoms with E-state index in [1.165, 1.54) is 0 Å². The molecule has 0 aliphatic heterocycles. The number of ether oxygens (including phenoxy) is 2. The van der Waals surface area contributed by atoms with Crippen molar-refractivity contribution < 1.29 is 9.47 Å². The highest BCUT2D eigenvalue weighted by atomic mass is 16.5. The molecule has 0 saturated carbocycles. The molecule has 142 valence electrons. The minimum Gasteiger partial charge on any atom is -0.497 e. The van der Waals surface area contributed by atoms with Gasteiger partial charge >= 0.3 is 0 Å². The highest BCUT2D eigenvalue weighted by Gasteiger charge is 2.08. The van der Waals surface area contributed by atoms with Gasteiger partial charge in [0.05, 0.1) is 20.2 Å². The van der Waals surface area contributed by atoms with Crippen LogP contribution < -0.4 is 20.1 Å². The van der Waals surface area contributed by atoms with Crippen molar-refractivity contribution in [2.24, 2.45) is 4.99 Å². The molecule has 8 nitrogen and oxygen atoms in total. The minimum atomic E-state index is -0.0362. The van der Waals surface area contributed by atoms with E-state index >= 15 is 0 Å². The number of nitrogens with zero attached hydrogens (tertiary/aromatic N) is 4. The predicted molar refractivity (Wildman–Crippen MR) is 104 cm³/mol. The second-order valence-electron chi connectivity index (χ2n) is 5.96. The Morgan fingerprint density at radius 3 is 2.63 bits per heavy atom. The van der Waals surface area contributed by atoms with Gasteiger partial charge in [-0.3, -0.25) is 9.39 Å². The quantitative estimate of drug-likeness (QED) is 0.489. The molecule has 2 N–H and O–H groups in total. The topological polar surface area (TPSA) is 85.1 Å². The van der Waals surface area contributed by atoms with Crippen LogP contribution in [0.3, 0.4) is 0 Å². The molecule has 0 bridgehead atoms. The second kappa shape index (κ2) is 8.88. The molecule has 0 fully saturated rings. The van der Waals surface area contributed by atoms with Gasteiger partial charge in [-0.2, -0.15) is 0 Å². The molecule has 27 heavy (non-hydrogen) atoms. The molecule has 0 amide bonds. The van der Waals surface area contributed by atoms with Crippen molar-refractivity contribution in [2.75, 3.05) is 20.7 Å². The van der Waals surface area contributed by atoms with Crippen LogP contribution >= 0.6 is 0 Å². The molecule has 8 heteroatoms. The van der Waals surface area contributed by atoms with Crippen LogP contribution in [-0.2, 0) is 6.54 Å². The molecule has 0 spiro atoms. The Morgan fingerprint density at radius 2 is 1.89 bits per heavy atom. The monoisotopic (exact) mass is 368 g/mol. The molecule has 3 aromatic rings. The van der Waals surface area contributed by atoms with Crippen LogP contribution in [0.2, 0.25) is 0 Å². The lowest BCUT2D eigenvalue weighted by atomic mass is 10.3. The molecule has 2 aromatic heterocycles. The maximum atomic E-state index is 5.89. The number of rotatable bonds is 7. The number of pyridine rings is 1. The van der Waals surface area contributed by atoms with Gasteiger partial charge in [0.1, 0.15) is 17.6 Å². The third-order valence-electron chi connectivity index (χ3n) is 3.98. The summed E-state index contributed by atoms with van der Waals surface area (Å²) in [6.07, 6.45) is 1.90. The summed E-state index contributed by atoms with van der Waals surface area (Å²) < 4.78 is 13.0. The Kier molecular flexibility index (Phi) is 6.09. The number of aromatic nitrogens is 3. The summed E-state index contributed by atoms with van der Waals surface area (Å²) in [5.41, 5.74) is 0.818. The SMILES string of the molecule is CN=C(NCc1nnc2ccccn12)NCC(C)Oc1ccc(OC)cc1. The number of hydrogen-bond donors (Lipinski definition) is 2. The van der Waals surface area contributed by atoms with Gasteiger partial charge in [-0.15, -0.1) is 10.2 Å². The van der Waals surface area contributed by atoms with Crippen molar-refractivity contribution in [3.63, 3.8) is 0 Å². The fourth-order valence-electron chi connectivity index (χ4n) is 2.56. The van der Waals surface area contributed by atoms with Gasteiger partial charge in [0.2, 0.25) is 0 Å². The number of aliphatic imine (C=N–C) groups is 1. The molecule has 0 aliphatic carbocycles. The first-order valence-electron chi connectivity index (χ1n) is 8.73. The highest BCUT2D eigenvalue weighted by molar-refractivity contribution is 5.79. The molecule has 1 atom stereocenters. The Morgan fingerprint density at radius 1 is 1.11 bits per heavy atom. The van der Waals surface area contributed by atoms with E-state index in [-0.39, 0.29) is 6.10 Å². The maximum absolute atomic E-state index is 5.89. The van der Waals surface area contributed by atoms with E-state index in [9.17, 15) is 0 Å². The van der Waals surface area contributed by atoms with Gasteiger partial charge in [0.15, 0.2) is 17.4 Å². The third kappa shape index (κ3) is 4.87.